The SMILES string of the molecule is CC(C)(C)C1C(=O)N(c2ccc(O)cc2)C(=O)C1C1C2CC(C(=O)OC3(C(C)(C)C)CCCC3)C(C2)C1C(C)(C)C. The number of carbonyl (C=O) groups excluding carboxylic acids is 3. The van der Waals surface area contributed by atoms with Crippen LogP contribution in [0.5, 0.6) is 5.75 Å². The molecule has 7 atom stereocenters. The molecule has 5 rings (SSSR count). The molecule has 1 aliphatic heterocycles. The van der Waals surface area contributed by atoms with E-state index < -0.39 is 22.9 Å². The van der Waals surface area contributed by atoms with Crippen LogP contribution >= 0.6 is 0 Å². The first-order valence-corrected chi connectivity index (χ1v) is 15.8. The quantitative estimate of drug-likeness (QED) is 0.304. The second kappa shape index (κ2) is 9.84. The van der Waals surface area contributed by atoms with Crippen molar-refractivity contribution in [2.24, 2.45) is 57.7 Å². The number of fused-ring (bicyclic) bond motifs is 2. The van der Waals surface area contributed by atoms with E-state index in [9.17, 15) is 19.5 Å². The zero-order chi connectivity index (χ0) is 30.3. The van der Waals surface area contributed by atoms with Crippen LogP contribution in [0.1, 0.15) is 101 Å². The summed E-state index contributed by atoms with van der Waals surface area (Å²) in [6.45, 7) is 19.4. The zero-order valence-electron chi connectivity index (χ0n) is 26.6. The minimum absolute atomic E-state index is 0.0231. The van der Waals surface area contributed by atoms with Gasteiger partial charge in [0.2, 0.25) is 11.8 Å². The van der Waals surface area contributed by atoms with E-state index in [0.717, 1.165) is 38.5 Å². The maximum Gasteiger partial charge on any atom is 0.309 e. The van der Waals surface area contributed by atoms with Crippen molar-refractivity contribution in [2.75, 3.05) is 4.90 Å². The van der Waals surface area contributed by atoms with E-state index in [1.807, 2.05) is 0 Å². The number of esters is 1. The highest BCUT2D eigenvalue weighted by molar-refractivity contribution is 6.22. The predicted octanol–water partition coefficient (Wildman–Crippen LogP) is 7.38. The maximum atomic E-state index is 14.3. The number of hydrogen-bond acceptors (Lipinski definition) is 5. The van der Waals surface area contributed by atoms with Crippen molar-refractivity contribution in [3.8, 4) is 5.75 Å². The second-order valence-electron chi connectivity index (χ2n) is 16.7. The van der Waals surface area contributed by atoms with Gasteiger partial charge in [-0.1, -0.05) is 62.3 Å². The van der Waals surface area contributed by atoms with Gasteiger partial charge < -0.3 is 9.84 Å². The lowest BCUT2D eigenvalue weighted by molar-refractivity contribution is -0.182. The van der Waals surface area contributed by atoms with Crippen LogP contribution in [-0.4, -0.2) is 28.5 Å². The van der Waals surface area contributed by atoms with Crippen LogP contribution in [0.2, 0.25) is 0 Å². The molecule has 226 valence electrons. The van der Waals surface area contributed by atoms with Gasteiger partial charge in [0, 0.05) is 5.41 Å². The Kier molecular flexibility index (Phi) is 7.22. The maximum absolute atomic E-state index is 14.3. The number of imide groups is 1. The highest BCUT2D eigenvalue weighted by Crippen LogP contribution is 2.65. The summed E-state index contributed by atoms with van der Waals surface area (Å²) in [5.74, 6) is -0.806. The molecule has 1 N–H and O–H groups in total. The molecule has 0 aromatic heterocycles. The molecule has 1 saturated heterocycles. The Morgan fingerprint density at radius 3 is 1.98 bits per heavy atom. The number of phenols is 1. The van der Waals surface area contributed by atoms with E-state index in [0.29, 0.717) is 5.69 Å². The molecule has 0 spiro atoms. The molecule has 2 amide bonds. The molecule has 4 aliphatic rings. The van der Waals surface area contributed by atoms with E-state index in [2.05, 4.69) is 62.3 Å². The molecular weight excluding hydrogens is 514 g/mol. The lowest BCUT2D eigenvalue weighted by atomic mass is 9.56. The summed E-state index contributed by atoms with van der Waals surface area (Å²) < 4.78 is 6.53. The first kappa shape index (κ1) is 30.1. The van der Waals surface area contributed by atoms with Gasteiger partial charge in [0.15, 0.2) is 0 Å². The summed E-state index contributed by atoms with van der Waals surface area (Å²) in [6, 6.07) is 6.34. The number of rotatable bonds is 4. The van der Waals surface area contributed by atoms with Crippen molar-refractivity contribution in [3.63, 3.8) is 0 Å². The average molecular weight is 566 g/mol. The van der Waals surface area contributed by atoms with Crippen LogP contribution in [0.3, 0.4) is 0 Å². The van der Waals surface area contributed by atoms with Gasteiger partial charge in [-0.2, -0.15) is 0 Å². The Hall–Kier alpha value is -2.37. The van der Waals surface area contributed by atoms with E-state index in [4.69, 9.17) is 4.74 Å². The smallest absolute Gasteiger partial charge is 0.309 e. The summed E-state index contributed by atoms with van der Waals surface area (Å²) >= 11 is 0. The lowest BCUT2D eigenvalue weighted by Gasteiger charge is -2.47. The molecule has 1 aromatic carbocycles. The van der Waals surface area contributed by atoms with Crippen molar-refractivity contribution in [2.45, 2.75) is 106 Å². The Balaban J connectivity index is 1.48. The average Bonchev–Trinajstić information content (AvgIpc) is 3.60. The number of carbonyl (C=O) groups is 3. The molecule has 1 heterocycles. The van der Waals surface area contributed by atoms with Crippen LogP contribution < -0.4 is 4.90 Å². The fourth-order valence-corrected chi connectivity index (χ4v) is 9.47. The van der Waals surface area contributed by atoms with Gasteiger partial charge in [-0.15, -0.1) is 0 Å². The monoisotopic (exact) mass is 565 g/mol. The van der Waals surface area contributed by atoms with E-state index in [1.54, 1.807) is 12.1 Å². The van der Waals surface area contributed by atoms with Crippen molar-refractivity contribution >= 4 is 23.5 Å². The van der Waals surface area contributed by atoms with Crippen molar-refractivity contribution in [3.05, 3.63) is 24.3 Å². The van der Waals surface area contributed by atoms with Gasteiger partial charge in [-0.25, -0.2) is 0 Å². The molecule has 3 aliphatic carbocycles. The number of benzene rings is 1. The summed E-state index contributed by atoms with van der Waals surface area (Å²) in [5.41, 5.74) is -0.561. The summed E-state index contributed by atoms with van der Waals surface area (Å²) in [7, 11) is 0. The predicted molar refractivity (Wildman–Crippen MR) is 160 cm³/mol. The van der Waals surface area contributed by atoms with Gasteiger partial charge in [0.1, 0.15) is 11.4 Å². The fourth-order valence-electron chi connectivity index (χ4n) is 9.47. The first-order chi connectivity index (χ1) is 18.9. The van der Waals surface area contributed by atoms with Gasteiger partial charge in [0.05, 0.1) is 23.4 Å². The molecule has 4 fully saturated rings. The van der Waals surface area contributed by atoms with Crippen LogP contribution in [0.25, 0.3) is 0 Å². The molecular formula is C35H51NO5. The molecule has 6 nitrogen and oxygen atoms in total. The summed E-state index contributed by atoms with van der Waals surface area (Å²) in [5, 5.41) is 9.83. The number of phenolic OH excluding ortho intramolecular Hbond substituents is 1. The Bertz CT molecular complexity index is 1190. The Morgan fingerprint density at radius 1 is 0.878 bits per heavy atom. The van der Waals surface area contributed by atoms with Gasteiger partial charge in [-0.3, -0.25) is 19.3 Å². The number of ether oxygens (including phenoxy) is 1. The fraction of sp³-hybridized carbons (Fsp3) is 0.743. The number of hydrogen-bond donors (Lipinski definition) is 1. The molecule has 41 heavy (non-hydrogen) atoms. The lowest BCUT2D eigenvalue weighted by Crippen LogP contribution is -2.49. The van der Waals surface area contributed by atoms with Crippen LogP contribution in [0.4, 0.5) is 5.69 Å². The van der Waals surface area contributed by atoms with Crippen molar-refractivity contribution in [1.82, 2.24) is 0 Å². The third-order valence-electron chi connectivity index (χ3n) is 11.3. The Labute approximate surface area is 246 Å². The van der Waals surface area contributed by atoms with E-state index >= 15 is 0 Å². The van der Waals surface area contributed by atoms with Crippen molar-refractivity contribution < 1.29 is 24.2 Å². The van der Waals surface area contributed by atoms with Crippen LogP contribution in [-0.2, 0) is 19.1 Å². The normalized spacial score (nSPS) is 33.6. The summed E-state index contributed by atoms with van der Waals surface area (Å²) in [4.78, 5) is 43.7. The van der Waals surface area contributed by atoms with E-state index in [-0.39, 0.29) is 64.0 Å². The summed E-state index contributed by atoms with van der Waals surface area (Å²) in [6.07, 6.45) is 5.67. The highest BCUT2D eigenvalue weighted by atomic mass is 16.6. The molecule has 0 radical (unpaired) electrons. The minimum atomic E-state index is -0.453. The Morgan fingerprint density at radius 2 is 1.46 bits per heavy atom. The number of nitrogens with zero attached hydrogens (tertiary/aromatic N) is 1. The van der Waals surface area contributed by atoms with Crippen LogP contribution in [0, 0.1) is 57.7 Å². The number of amides is 2. The topological polar surface area (TPSA) is 83.9 Å². The minimum Gasteiger partial charge on any atom is -0.508 e. The standard InChI is InChI=1S/C35H51NO5/c1-32(2,3)27-23-18-20(19-24(23)31(40)41-35(34(7,8)9)16-10-11-17-35)25(27)26-28(33(4,5)6)30(39)36(29(26)38)21-12-14-22(37)15-13-21/h12-15,20,23-28,37H,10-11,16-19H2,1-9H3. The molecule has 3 saturated carbocycles. The zero-order valence-corrected chi connectivity index (χ0v) is 26.6. The van der Waals surface area contributed by atoms with Gasteiger partial charge in [-0.05, 0) is 97.3 Å². The van der Waals surface area contributed by atoms with Crippen molar-refractivity contribution in [1.29, 1.82) is 0 Å². The third kappa shape index (κ3) is 4.91. The number of anilines is 1. The highest BCUT2D eigenvalue weighted by Gasteiger charge is 2.66. The van der Waals surface area contributed by atoms with Gasteiger partial charge in [0.25, 0.3) is 0 Å². The molecule has 1 aromatic rings. The third-order valence-corrected chi connectivity index (χ3v) is 11.3. The van der Waals surface area contributed by atoms with Crippen LogP contribution in [0.15, 0.2) is 24.3 Å². The number of aromatic hydroxyl groups is 1. The van der Waals surface area contributed by atoms with E-state index in [1.165, 1.54) is 17.0 Å². The largest absolute Gasteiger partial charge is 0.508 e. The molecule has 6 heteroatoms. The molecule has 7 unspecified atom stereocenters. The van der Waals surface area contributed by atoms with Gasteiger partial charge >= 0.3 is 5.97 Å². The second-order valence-corrected chi connectivity index (χ2v) is 16.7. The first-order valence-electron chi connectivity index (χ1n) is 15.8. The molecule has 2 bridgehead atoms.